The van der Waals surface area contributed by atoms with Gasteiger partial charge in [-0.3, -0.25) is 9.59 Å². The number of nitrogens with one attached hydrogen (secondary N) is 1. The molecule has 0 aromatic heterocycles. The van der Waals surface area contributed by atoms with E-state index in [1.54, 1.807) is 13.0 Å². The van der Waals surface area contributed by atoms with E-state index in [9.17, 15) is 9.59 Å². The Morgan fingerprint density at radius 3 is 2.52 bits per heavy atom. The molecule has 1 aromatic carbocycles. The summed E-state index contributed by atoms with van der Waals surface area (Å²) in [6, 6.07) is 5.52. The van der Waals surface area contributed by atoms with E-state index in [1.165, 1.54) is 0 Å². The van der Waals surface area contributed by atoms with Gasteiger partial charge in [-0.05, 0) is 50.5 Å². The number of hydrogen-bond acceptors (Lipinski definition) is 2. The first-order chi connectivity index (χ1) is 9.81. The molecular weight excluding hydrogens is 334 g/mol. The van der Waals surface area contributed by atoms with Gasteiger partial charge in [-0.15, -0.1) is 0 Å². The molecule has 0 saturated carbocycles. The van der Waals surface area contributed by atoms with Crippen LogP contribution in [-0.2, 0) is 4.79 Å². The Morgan fingerprint density at radius 2 is 1.95 bits per heavy atom. The van der Waals surface area contributed by atoms with Crippen LogP contribution >= 0.6 is 15.9 Å². The quantitative estimate of drug-likeness (QED) is 0.782. The Bertz CT molecular complexity index is 516. The van der Waals surface area contributed by atoms with E-state index in [0.717, 1.165) is 22.9 Å². The summed E-state index contributed by atoms with van der Waals surface area (Å²) in [6.07, 6.45) is 2.19. The first-order valence-corrected chi connectivity index (χ1v) is 7.90. The van der Waals surface area contributed by atoms with Crippen LogP contribution in [0.2, 0.25) is 0 Å². The highest BCUT2D eigenvalue weighted by atomic mass is 79.9. The second-order valence-corrected chi connectivity index (χ2v) is 6.36. The van der Waals surface area contributed by atoms with E-state index < -0.39 is 5.97 Å². The highest BCUT2D eigenvalue weighted by molar-refractivity contribution is 9.10. The first kappa shape index (κ1) is 17.7. The second kappa shape index (κ2) is 8.17. The largest absolute Gasteiger partial charge is 0.481 e. The van der Waals surface area contributed by atoms with E-state index in [1.807, 2.05) is 26.0 Å². The van der Waals surface area contributed by atoms with Crippen molar-refractivity contribution in [1.82, 2.24) is 5.32 Å². The molecule has 116 valence electrons. The van der Waals surface area contributed by atoms with Crippen LogP contribution in [0.3, 0.4) is 0 Å². The molecule has 4 nitrogen and oxygen atoms in total. The summed E-state index contributed by atoms with van der Waals surface area (Å²) in [6.45, 7) is 5.59. The van der Waals surface area contributed by atoms with E-state index in [-0.39, 0.29) is 17.9 Å². The summed E-state index contributed by atoms with van der Waals surface area (Å²) in [5.41, 5.74) is 1.66. The standard InChI is InChI=1S/C16H22BrNO3/c1-10(16(20)21)5-4-6-12(3)18-15(19)13-7-8-14(17)11(2)9-13/h7-10,12H,4-6H2,1-3H3,(H,18,19)(H,20,21). The van der Waals surface area contributed by atoms with Crippen molar-refractivity contribution < 1.29 is 14.7 Å². The highest BCUT2D eigenvalue weighted by Crippen LogP contribution is 2.17. The normalized spacial score (nSPS) is 13.5. The Morgan fingerprint density at radius 1 is 1.29 bits per heavy atom. The molecule has 2 atom stereocenters. The van der Waals surface area contributed by atoms with Crippen LogP contribution in [-0.4, -0.2) is 23.0 Å². The zero-order valence-electron chi connectivity index (χ0n) is 12.6. The molecule has 5 heteroatoms. The van der Waals surface area contributed by atoms with Gasteiger partial charge in [0.1, 0.15) is 0 Å². The summed E-state index contributed by atoms with van der Waals surface area (Å²) in [7, 11) is 0. The Balaban J connectivity index is 2.43. The van der Waals surface area contributed by atoms with Crippen molar-refractivity contribution in [2.24, 2.45) is 5.92 Å². The van der Waals surface area contributed by atoms with Crippen molar-refractivity contribution in [3.05, 3.63) is 33.8 Å². The van der Waals surface area contributed by atoms with Crippen LogP contribution in [0.4, 0.5) is 0 Å². The summed E-state index contributed by atoms with van der Waals surface area (Å²) < 4.78 is 0.981. The number of aryl methyl sites for hydroxylation is 1. The van der Waals surface area contributed by atoms with Crippen molar-refractivity contribution >= 4 is 27.8 Å². The van der Waals surface area contributed by atoms with Crippen LogP contribution in [0, 0.1) is 12.8 Å². The minimum atomic E-state index is -0.767. The Labute approximate surface area is 134 Å². The number of rotatable bonds is 7. The zero-order chi connectivity index (χ0) is 16.0. The molecule has 0 saturated heterocycles. The molecule has 21 heavy (non-hydrogen) atoms. The number of aliphatic carboxylic acids is 1. The van der Waals surface area contributed by atoms with Crippen LogP contribution in [0.25, 0.3) is 0 Å². The number of halogens is 1. The smallest absolute Gasteiger partial charge is 0.306 e. The van der Waals surface area contributed by atoms with Gasteiger partial charge < -0.3 is 10.4 Å². The minimum Gasteiger partial charge on any atom is -0.481 e. The monoisotopic (exact) mass is 355 g/mol. The summed E-state index contributed by atoms with van der Waals surface area (Å²) in [5.74, 6) is -1.19. The van der Waals surface area contributed by atoms with Crippen molar-refractivity contribution in [2.75, 3.05) is 0 Å². The van der Waals surface area contributed by atoms with Gasteiger partial charge in [0, 0.05) is 16.1 Å². The fourth-order valence-electron chi connectivity index (χ4n) is 2.02. The minimum absolute atomic E-state index is 0.0300. The molecule has 0 aliphatic rings. The third kappa shape index (κ3) is 5.87. The number of carbonyl (C=O) groups excluding carboxylic acids is 1. The van der Waals surface area contributed by atoms with E-state index in [2.05, 4.69) is 21.2 Å². The van der Waals surface area contributed by atoms with Gasteiger partial charge in [0.25, 0.3) is 5.91 Å². The molecule has 0 fully saturated rings. The molecule has 0 bridgehead atoms. The van der Waals surface area contributed by atoms with Gasteiger partial charge in [-0.25, -0.2) is 0 Å². The Kier molecular flexibility index (Phi) is 6.89. The zero-order valence-corrected chi connectivity index (χ0v) is 14.2. The maximum Gasteiger partial charge on any atom is 0.306 e. The van der Waals surface area contributed by atoms with Crippen molar-refractivity contribution in [3.8, 4) is 0 Å². The van der Waals surface area contributed by atoms with E-state index in [0.29, 0.717) is 12.0 Å². The summed E-state index contributed by atoms with van der Waals surface area (Å²) in [4.78, 5) is 22.8. The SMILES string of the molecule is Cc1cc(C(=O)NC(C)CCCC(C)C(=O)O)ccc1Br. The van der Waals surface area contributed by atoms with Gasteiger partial charge in [-0.1, -0.05) is 29.3 Å². The van der Waals surface area contributed by atoms with Crippen LogP contribution in [0.1, 0.15) is 49.0 Å². The van der Waals surface area contributed by atoms with Gasteiger partial charge in [-0.2, -0.15) is 0 Å². The fraction of sp³-hybridized carbons (Fsp3) is 0.500. The molecule has 1 rings (SSSR count). The van der Waals surface area contributed by atoms with E-state index >= 15 is 0 Å². The lowest BCUT2D eigenvalue weighted by molar-refractivity contribution is -0.141. The number of amides is 1. The average molecular weight is 356 g/mol. The summed E-state index contributed by atoms with van der Waals surface area (Å²) in [5, 5.41) is 11.8. The number of hydrogen-bond donors (Lipinski definition) is 2. The maximum absolute atomic E-state index is 12.1. The number of benzene rings is 1. The van der Waals surface area contributed by atoms with Crippen LogP contribution in [0.5, 0.6) is 0 Å². The summed E-state index contributed by atoms with van der Waals surface area (Å²) >= 11 is 3.41. The van der Waals surface area contributed by atoms with Gasteiger partial charge in [0.05, 0.1) is 5.92 Å². The lowest BCUT2D eigenvalue weighted by Gasteiger charge is -2.15. The predicted molar refractivity (Wildman–Crippen MR) is 86.5 cm³/mol. The molecule has 0 aliphatic heterocycles. The first-order valence-electron chi connectivity index (χ1n) is 7.11. The molecule has 2 unspecified atom stereocenters. The van der Waals surface area contributed by atoms with Crippen molar-refractivity contribution in [3.63, 3.8) is 0 Å². The lowest BCUT2D eigenvalue weighted by atomic mass is 10.0. The topological polar surface area (TPSA) is 66.4 Å². The molecule has 0 radical (unpaired) electrons. The molecule has 0 heterocycles. The maximum atomic E-state index is 12.1. The lowest BCUT2D eigenvalue weighted by Crippen LogP contribution is -2.32. The molecular formula is C16H22BrNO3. The Hall–Kier alpha value is -1.36. The molecule has 0 spiro atoms. The molecule has 1 aromatic rings. The highest BCUT2D eigenvalue weighted by Gasteiger charge is 2.13. The van der Waals surface area contributed by atoms with Crippen LogP contribution < -0.4 is 5.32 Å². The van der Waals surface area contributed by atoms with Gasteiger partial charge >= 0.3 is 5.97 Å². The van der Waals surface area contributed by atoms with Gasteiger partial charge in [0.15, 0.2) is 0 Å². The predicted octanol–water partition coefficient (Wildman–Crippen LogP) is 3.77. The number of carboxylic acid groups (broad SMARTS) is 1. The molecule has 2 N–H and O–H groups in total. The van der Waals surface area contributed by atoms with E-state index in [4.69, 9.17) is 5.11 Å². The number of carbonyl (C=O) groups is 2. The van der Waals surface area contributed by atoms with Crippen molar-refractivity contribution in [1.29, 1.82) is 0 Å². The third-order valence-electron chi connectivity index (χ3n) is 3.49. The van der Waals surface area contributed by atoms with Gasteiger partial charge in [0.2, 0.25) is 0 Å². The molecule has 1 amide bonds. The van der Waals surface area contributed by atoms with Crippen LogP contribution in [0.15, 0.2) is 22.7 Å². The van der Waals surface area contributed by atoms with Crippen molar-refractivity contribution in [2.45, 2.75) is 46.1 Å². The third-order valence-corrected chi connectivity index (χ3v) is 4.38. The fourth-order valence-corrected chi connectivity index (χ4v) is 2.27. The second-order valence-electron chi connectivity index (χ2n) is 5.51. The average Bonchev–Trinajstić information content (AvgIpc) is 2.41. The number of carboxylic acids is 1. The molecule has 0 aliphatic carbocycles.